The molecule has 0 amide bonds. The molecule has 1 aromatic carbocycles. The molecule has 2 atom stereocenters. The lowest BCUT2D eigenvalue weighted by Crippen LogP contribution is -2.22. The zero-order valence-corrected chi connectivity index (χ0v) is 12.3. The van der Waals surface area contributed by atoms with Gasteiger partial charge in [0.1, 0.15) is 0 Å². The van der Waals surface area contributed by atoms with Gasteiger partial charge < -0.3 is 10.2 Å². The highest BCUT2D eigenvalue weighted by Crippen LogP contribution is 2.42. The largest absolute Gasteiger partial charge is 0.382 e. The minimum absolute atomic E-state index is 0.487. The Labute approximate surface area is 111 Å². The van der Waals surface area contributed by atoms with E-state index in [1.807, 2.05) is 0 Å². The maximum Gasteiger partial charge on any atom is 0.0362 e. The third-order valence-electron chi connectivity index (χ3n) is 4.07. The Bertz CT molecular complexity index is 392. The molecule has 18 heavy (non-hydrogen) atoms. The zero-order valence-electron chi connectivity index (χ0n) is 12.3. The number of hydrogen-bond acceptors (Lipinski definition) is 2. The summed E-state index contributed by atoms with van der Waals surface area (Å²) in [6.45, 7) is 7.11. The van der Waals surface area contributed by atoms with E-state index in [0.29, 0.717) is 11.5 Å². The van der Waals surface area contributed by atoms with Gasteiger partial charge in [-0.05, 0) is 48.4 Å². The highest BCUT2D eigenvalue weighted by atomic mass is 15.1. The van der Waals surface area contributed by atoms with Crippen LogP contribution in [0.5, 0.6) is 0 Å². The quantitative estimate of drug-likeness (QED) is 0.867. The Kier molecular flexibility index (Phi) is 3.56. The van der Waals surface area contributed by atoms with E-state index in [2.05, 4.69) is 69.3 Å². The van der Waals surface area contributed by atoms with Gasteiger partial charge in [-0.1, -0.05) is 20.8 Å². The summed E-state index contributed by atoms with van der Waals surface area (Å²) < 4.78 is 0. The first kappa shape index (κ1) is 13.3. The van der Waals surface area contributed by atoms with Gasteiger partial charge in [0.2, 0.25) is 0 Å². The van der Waals surface area contributed by atoms with E-state index in [1.165, 1.54) is 24.2 Å². The van der Waals surface area contributed by atoms with Crippen LogP contribution in [0.1, 0.15) is 33.6 Å². The predicted octanol–water partition coefficient (Wildman–Crippen LogP) is 3.99. The Morgan fingerprint density at radius 3 is 2.17 bits per heavy atom. The van der Waals surface area contributed by atoms with Crippen LogP contribution in [-0.2, 0) is 0 Å². The molecule has 1 saturated carbocycles. The summed E-state index contributed by atoms with van der Waals surface area (Å²) in [7, 11) is 4.15. The lowest BCUT2D eigenvalue weighted by Gasteiger charge is -2.20. The van der Waals surface area contributed by atoms with E-state index < -0.39 is 0 Å². The Hall–Kier alpha value is -1.18. The summed E-state index contributed by atoms with van der Waals surface area (Å²) in [6.07, 6.45) is 2.59. The van der Waals surface area contributed by atoms with Crippen molar-refractivity contribution in [1.29, 1.82) is 0 Å². The highest BCUT2D eigenvalue weighted by Gasteiger charge is 2.36. The molecule has 0 saturated heterocycles. The van der Waals surface area contributed by atoms with Gasteiger partial charge in [-0.3, -0.25) is 0 Å². The third kappa shape index (κ3) is 2.98. The van der Waals surface area contributed by atoms with E-state index in [0.717, 1.165) is 5.92 Å². The lowest BCUT2D eigenvalue weighted by atomic mass is 9.91. The summed E-state index contributed by atoms with van der Waals surface area (Å²) in [6, 6.07) is 9.34. The smallest absolute Gasteiger partial charge is 0.0362 e. The summed E-state index contributed by atoms with van der Waals surface area (Å²) >= 11 is 0. The van der Waals surface area contributed by atoms with Gasteiger partial charge in [-0.2, -0.15) is 0 Å². The molecule has 1 aliphatic carbocycles. The van der Waals surface area contributed by atoms with Crippen molar-refractivity contribution in [3.63, 3.8) is 0 Å². The molecule has 0 bridgehead atoms. The Balaban J connectivity index is 2.02. The molecule has 0 heterocycles. The van der Waals surface area contributed by atoms with E-state index in [4.69, 9.17) is 0 Å². The number of benzene rings is 1. The van der Waals surface area contributed by atoms with Gasteiger partial charge in [0.05, 0.1) is 0 Å². The molecule has 0 aliphatic heterocycles. The van der Waals surface area contributed by atoms with Gasteiger partial charge in [0, 0.05) is 31.5 Å². The van der Waals surface area contributed by atoms with E-state index in [9.17, 15) is 0 Å². The molecule has 0 spiro atoms. The summed E-state index contributed by atoms with van der Waals surface area (Å²) in [5.41, 5.74) is 2.98. The van der Waals surface area contributed by atoms with Crippen molar-refractivity contribution in [2.24, 2.45) is 11.3 Å². The molecule has 2 heteroatoms. The van der Waals surface area contributed by atoms with Crippen LogP contribution in [0.25, 0.3) is 0 Å². The first-order chi connectivity index (χ1) is 8.37. The van der Waals surface area contributed by atoms with Crippen LogP contribution in [0, 0.1) is 11.3 Å². The number of anilines is 2. The average molecular weight is 246 g/mol. The second-order valence-electron chi connectivity index (χ2n) is 6.74. The van der Waals surface area contributed by atoms with Crippen LogP contribution >= 0.6 is 0 Å². The molecular weight excluding hydrogens is 220 g/mol. The molecule has 1 aromatic rings. The van der Waals surface area contributed by atoms with E-state index >= 15 is 0 Å². The third-order valence-corrected chi connectivity index (χ3v) is 4.07. The number of rotatable bonds is 3. The molecule has 100 valence electrons. The SMILES string of the molecule is CC1CC(C)(C)CC1Nc1ccc(N(C)C)cc1. The van der Waals surface area contributed by atoms with Crippen LogP contribution in [0.4, 0.5) is 11.4 Å². The molecule has 0 radical (unpaired) electrons. The predicted molar refractivity (Wildman–Crippen MR) is 80.4 cm³/mol. The molecule has 1 aliphatic rings. The minimum atomic E-state index is 0.487. The normalized spacial score (nSPS) is 26.1. The standard InChI is InChI=1S/C16H26N2/c1-12-10-16(2,3)11-15(12)17-13-6-8-14(9-7-13)18(4)5/h6-9,12,15,17H,10-11H2,1-5H3. The minimum Gasteiger partial charge on any atom is -0.382 e. The summed E-state index contributed by atoms with van der Waals surface area (Å²) in [5.74, 6) is 0.758. The van der Waals surface area contributed by atoms with Gasteiger partial charge in [0.25, 0.3) is 0 Å². The second kappa shape index (κ2) is 4.83. The van der Waals surface area contributed by atoms with Gasteiger partial charge in [-0.25, -0.2) is 0 Å². The molecule has 1 fully saturated rings. The van der Waals surface area contributed by atoms with Crippen molar-refractivity contribution in [3.05, 3.63) is 24.3 Å². The second-order valence-corrected chi connectivity index (χ2v) is 6.74. The van der Waals surface area contributed by atoms with Gasteiger partial charge in [-0.15, -0.1) is 0 Å². The average Bonchev–Trinajstić information content (AvgIpc) is 2.52. The van der Waals surface area contributed by atoms with Crippen LogP contribution in [0.3, 0.4) is 0 Å². The van der Waals surface area contributed by atoms with Crippen LogP contribution in [0.2, 0.25) is 0 Å². The van der Waals surface area contributed by atoms with Gasteiger partial charge in [0.15, 0.2) is 0 Å². The number of nitrogens with one attached hydrogen (secondary N) is 1. The molecular formula is C16H26N2. The summed E-state index contributed by atoms with van der Waals surface area (Å²) in [4.78, 5) is 2.13. The highest BCUT2D eigenvalue weighted by molar-refractivity contribution is 5.54. The van der Waals surface area contributed by atoms with Crippen molar-refractivity contribution in [2.75, 3.05) is 24.3 Å². The fourth-order valence-corrected chi connectivity index (χ4v) is 3.16. The van der Waals surface area contributed by atoms with E-state index in [-0.39, 0.29) is 0 Å². The fraction of sp³-hybridized carbons (Fsp3) is 0.625. The summed E-state index contributed by atoms with van der Waals surface area (Å²) in [5, 5.41) is 3.69. The first-order valence-electron chi connectivity index (χ1n) is 6.91. The van der Waals surface area contributed by atoms with Crippen molar-refractivity contribution in [2.45, 2.75) is 39.7 Å². The van der Waals surface area contributed by atoms with Crippen molar-refractivity contribution in [1.82, 2.24) is 0 Å². The molecule has 2 nitrogen and oxygen atoms in total. The maximum atomic E-state index is 3.69. The monoisotopic (exact) mass is 246 g/mol. The number of nitrogens with zero attached hydrogens (tertiary/aromatic N) is 1. The Morgan fingerprint density at radius 2 is 1.72 bits per heavy atom. The molecule has 0 aromatic heterocycles. The fourth-order valence-electron chi connectivity index (χ4n) is 3.16. The van der Waals surface area contributed by atoms with Gasteiger partial charge >= 0.3 is 0 Å². The van der Waals surface area contributed by atoms with E-state index in [1.54, 1.807) is 0 Å². The maximum absolute atomic E-state index is 3.69. The van der Waals surface area contributed by atoms with Crippen LogP contribution in [-0.4, -0.2) is 20.1 Å². The van der Waals surface area contributed by atoms with Crippen molar-refractivity contribution in [3.8, 4) is 0 Å². The Morgan fingerprint density at radius 1 is 1.11 bits per heavy atom. The topological polar surface area (TPSA) is 15.3 Å². The number of hydrogen-bond donors (Lipinski definition) is 1. The van der Waals surface area contributed by atoms with Crippen LogP contribution in [0.15, 0.2) is 24.3 Å². The van der Waals surface area contributed by atoms with Crippen molar-refractivity contribution < 1.29 is 0 Å². The zero-order chi connectivity index (χ0) is 13.3. The molecule has 1 N–H and O–H groups in total. The lowest BCUT2D eigenvalue weighted by molar-refractivity contribution is 0.366. The van der Waals surface area contributed by atoms with Crippen LogP contribution < -0.4 is 10.2 Å². The first-order valence-corrected chi connectivity index (χ1v) is 6.91. The molecule has 2 unspecified atom stereocenters. The van der Waals surface area contributed by atoms with Crippen molar-refractivity contribution >= 4 is 11.4 Å². The molecule has 2 rings (SSSR count).